The third-order valence-electron chi connectivity index (χ3n) is 9.67. The van der Waals surface area contributed by atoms with Gasteiger partial charge in [-0.1, -0.05) is 97.1 Å². The summed E-state index contributed by atoms with van der Waals surface area (Å²) in [5.41, 5.74) is -0.606. The molecule has 1 aliphatic rings. The summed E-state index contributed by atoms with van der Waals surface area (Å²) >= 11 is 0. The normalized spacial score (nSPS) is 18.7. The average molecular weight is 839 g/mol. The maximum Gasteiger partial charge on any atom is 0.435 e. The Hall–Kier alpha value is -7.00. The third kappa shape index (κ3) is 10.2. The Morgan fingerprint density at radius 3 is 1.70 bits per heavy atom. The van der Waals surface area contributed by atoms with Gasteiger partial charge < -0.3 is 28.4 Å². The molecular weight excluding hydrogens is 801 g/mol. The van der Waals surface area contributed by atoms with Crippen molar-refractivity contribution in [3.8, 4) is 11.6 Å². The summed E-state index contributed by atoms with van der Waals surface area (Å²) in [5.74, 6) is -2.89. The van der Waals surface area contributed by atoms with Crippen molar-refractivity contribution in [2.75, 3.05) is 13.7 Å². The van der Waals surface area contributed by atoms with E-state index in [9.17, 15) is 14.4 Å². The molecular formula is C46H38F4N2O9. The van der Waals surface area contributed by atoms with Crippen LogP contribution in [0.15, 0.2) is 146 Å². The van der Waals surface area contributed by atoms with Gasteiger partial charge in [-0.25, -0.2) is 23.5 Å². The van der Waals surface area contributed by atoms with Crippen LogP contribution < -0.4 is 9.47 Å². The fourth-order valence-corrected chi connectivity index (χ4v) is 6.62. The number of carbonyl (C=O) groups is 3. The van der Waals surface area contributed by atoms with Gasteiger partial charge in [-0.3, -0.25) is 0 Å². The Kier molecular flexibility index (Phi) is 13.1. The molecule has 0 bridgehead atoms. The lowest BCUT2D eigenvalue weighted by Crippen LogP contribution is -2.61. The fourth-order valence-electron chi connectivity index (χ4n) is 6.62. The Morgan fingerprint density at radius 2 is 1.18 bits per heavy atom. The lowest BCUT2D eigenvalue weighted by atomic mass is 9.99. The first-order chi connectivity index (χ1) is 29.5. The van der Waals surface area contributed by atoms with Crippen LogP contribution in [0.2, 0.25) is 0 Å². The molecule has 0 spiro atoms. The van der Waals surface area contributed by atoms with E-state index in [0.717, 1.165) is 4.68 Å². The summed E-state index contributed by atoms with van der Waals surface area (Å²) in [5, 5.41) is 3.99. The zero-order valence-electron chi connectivity index (χ0n) is 32.4. The first-order valence-electron chi connectivity index (χ1n) is 19.0. The van der Waals surface area contributed by atoms with Crippen LogP contribution in [0.1, 0.15) is 53.5 Å². The number of alkyl halides is 4. The molecule has 314 valence electrons. The maximum absolute atomic E-state index is 17.0. The number of hydrogen-bond donors (Lipinski definition) is 0. The van der Waals surface area contributed by atoms with Crippen LogP contribution in [0.3, 0.4) is 0 Å². The van der Waals surface area contributed by atoms with E-state index in [4.69, 9.17) is 28.4 Å². The number of hydrogen-bond acceptors (Lipinski definition) is 10. The quantitative estimate of drug-likeness (QED) is 0.0601. The molecule has 1 saturated heterocycles. The smallest absolute Gasteiger partial charge is 0.435 e. The van der Waals surface area contributed by atoms with E-state index in [0.29, 0.717) is 16.9 Å². The van der Waals surface area contributed by atoms with Crippen LogP contribution in [0, 0.1) is 0 Å². The van der Waals surface area contributed by atoms with Crippen LogP contribution in [0.5, 0.6) is 11.6 Å². The molecule has 11 nitrogen and oxygen atoms in total. The monoisotopic (exact) mass is 838 g/mol. The second-order valence-corrected chi connectivity index (χ2v) is 13.8. The molecule has 5 aromatic carbocycles. The Balaban J connectivity index is 1.34. The van der Waals surface area contributed by atoms with Gasteiger partial charge in [0, 0.05) is 6.42 Å². The second-order valence-electron chi connectivity index (χ2n) is 13.8. The average Bonchev–Trinajstić information content (AvgIpc) is 3.62. The summed E-state index contributed by atoms with van der Waals surface area (Å²) in [6, 6.07) is 37.8. The van der Waals surface area contributed by atoms with Gasteiger partial charge >= 0.3 is 24.1 Å². The molecule has 15 heteroatoms. The zero-order chi connectivity index (χ0) is 42.9. The van der Waals surface area contributed by atoms with E-state index < -0.39 is 78.6 Å². The van der Waals surface area contributed by atoms with Gasteiger partial charge in [0.2, 0.25) is 18.3 Å². The number of nitrogens with zero attached hydrogens (tertiary/aromatic N) is 2. The number of carbonyl (C=O) groups excluding carboxylic acids is 3. The van der Waals surface area contributed by atoms with Crippen LogP contribution >= 0.6 is 0 Å². The van der Waals surface area contributed by atoms with E-state index in [1.807, 2.05) is 0 Å². The van der Waals surface area contributed by atoms with E-state index in [1.54, 1.807) is 109 Å². The summed E-state index contributed by atoms with van der Waals surface area (Å²) in [4.78, 5) is 40.4. The van der Waals surface area contributed by atoms with Gasteiger partial charge in [0.15, 0.2) is 18.0 Å². The molecule has 1 aromatic heterocycles. The molecule has 61 heavy (non-hydrogen) atoms. The van der Waals surface area contributed by atoms with Crippen molar-refractivity contribution in [1.82, 2.24) is 9.78 Å². The van der Waals surface area contributed by atoms with Gasteiger partial charge in [-0.05, 0) is 59.7 Å². The summed E-state index contributed by atoms with van der Waals surface area (Å²) in [7, 11) is 1.45. The number of ether oxygens (including phenoxy) is 6. The predicted molar refractivity (Wildman–Crippen MR) is 211 cm³/mol. The van der Waals surface area contributed by atoms with Crippen LogP contribution in [-0.2, 0) is 38.1 Å². The highest BCUT2D eigenvalue weighted by Gasteiger charge is 2.53. The standard InChI is InChI=1S/C46H38F4N2O9/c1-56-34-24-22-29(23-25-34)26-35-40(46(48,49)50)51-52(27-30-14-6-2-7-15-30)41(35)61-45-39(60-44(55)33-20-12-5-13-21-33)38(59-43(54)32-18-10-4-11-19-32)37(47)36(58-45)28-57-42(53)31-16-8-3-9-17-31/h2-25,36-39,45H,26-28H2,1H3/t36-,37-,38+,39-,45+/m1/s1. The highest BCUT2D eigenvalue weighted by Crippen LogP contribution is 2.40. The molecule has 0 amide bonds. The second kappa shape index (κ2) is 18.9. The van der Waals surface area contributed by atoms with Crippen molar-refractivity contribution in [2.45, 2.75) is 49.9 Å². The van der Waals surface area contributed by atoms with Gasteiger partial charge in [-0.2, -0.15) is 18.3 Å². The van der Waals surface area contributed by atoms with E-state index in [2.05, 4.69) is 5.10 Å². The minimum atomic E-state index is -5.00. The Labute approximate surface area is 347 Å². The number of aromatic nitrogens is 2. The van der Waals surface area contributed by atoms with Gasteiger partial charge in [0.1, 0.15) is 18.5 Å². The van der Waals surface area contributed by atoms with Crippen LogP contribution in [0.4, 0.5) is 17.6 Å². The van der Waals surface area contributed by atoms with Crippen molar-refractivity contribution in [3.05, 3.63) is 185 Å². The predicted octanol–water partition coefficient (Wildman–Crippen LogP) is 8.30. The lowest BCUT2D eigenvalue weighted by Gasteiger charge is -2.42. The topological polar surface area (TPSA) is 124 Å². The summed E-state index contributed by atoms with van der Waals surface area (Å²) in [6.07, 6.45) is -15.5. The minimum Gasteiger partial charge on any atom is -0.497 e. The van der Waals surface area contributed by atoms with Crippen molar-refractivity contribution < 1.29 is 60.4 Å². The molecule has 0 unspecified atom stereocenters. The van der Waals surface area contributed by atoms with Gasteiger partial charge in [-0.15, -0.1) is 0 Å². The zero-order valence-corrected chi connectivity index (χ0v) is 32.4. The molecule has 0 N–H and O–H groups in total. The van der Waals surface area contributed by atoms with E-state index in [1.165, 1.54) is 43.5 Å². The Morgan fingerprint density at radius 1 is 0.672 bits per heavy atom. The Bertz CT molecular complexity index is 2400. The summed E-state index contributed by atoms with van der Waals surface area (Å²) in [6.45, 7) is -1.01. The molecule has 0 radical (unpaired) electrons. The maximum atomic E-state index is 17.0. The fraction of sp³-hybridized carbons (Fsp3) is 0.217. The molecule has 1 aliphatic heterocycles. The number of benzene rings is 5. The highest BCUT2D eigenvalue weighted by atomic mass is 19.4. The molecule has 0 aliphatic carbocycles. The number of esters is 3. The van der Waals surface area contributed by atoms with Crippen molar-refractivity contribution in [3.63, 3.8) is 0 Å². The van der Waals surface area contributed by atoms with Crippen molar-refractivity contribution in [1.29, 1.82) is 0 Å². The number of rotatable bonds is 14. The van der Waals surface area contributed by atoms with Crippen LogP contribution in [0.25, 0.3) is 0 Å². The molecule has 1 fully saturated rings. The van der Waals surface area contributed by atoms with Crippen molar-refractivity contribution >= 4 is 17.9 Å². The highest BCUT2D eigenvalue weighted by molar-refractivity contribution is 5.90. The first-order valence-corrected chi connectivity index (χ1v) is 19.0. The van der Waals surface area contributed by atoms with Gasteiger partial charge in [0.25, 0.3) is 0 Å². The van der Waals surface area contributed by atoms with Crippen molar-refractivity contribution in [2.24, 2.45) is 0 Å². The molecule has 0 saturated carbocycles. The largest absolute Gasteiger partial charge is 0.497 e. The van der Waals surface area contributed by atoms with Crippen LogP contribution in [-0.4, -0.2) is 72.2 Å². The van der Waals surface area contributed by atoms with Gasteiger partial charge in [0.05, 0.1) is 35.9 Å². The molecule has 2 heterocycles. The molecule has 7 rings (SSSR count). The summed E-state index contributed by atoms with van der Waals surface area (Å²) < 4.78 is 97.8. The number of methoxy groups -OCH3 is 1. The third-order valence-corrected chi connectivity index (χ3v) is 9.67. The first kappa shape index (κ1) is 42.1. The van der Waals surface area contributed by atoms with E-state index in [-0.39, 0.29) is 29.7 Å². The van der Waals surface area contributed by atoms with E-state index >= 15 is 17.6 Å². The number of halogens is 4. The lowest BCUT2D eigenvalue weighted by molar-refractivity contribution is -0.265. The molecule has 6 aromatic rings. The SMILES string of the molecule is COc1ccc(Cc2c(C(F)(F)F)nn(Cc3ccccc3)c2O[C@@H]2O[C@H](COC(=O)c3ccccc3)[C@@H](F)[C@H](OC(=O)c3ccccc3)[C@H]2OC(=O)c2ccccc2)cc1. The molecule has 5 atom stereocenters. The minimum absolute atomic E-state index is 0.0105.